The lowest BCUT2D eigenvalue weighted by atomic mass is 10.3. The maximum absolute atomic E-state index is 11.8. The van der Waals surface area contributed by atoms with Crippen LogP contribution in [0.15, 0.2) is 18.3 Å². The SMILES string of the molecule is O=C(CCNCc1ccc(O)cn1)N1CCOCC1. The van der Waals surface area contributed by atoms with Gasteiger partial charge in [0.2, 0.25) is 5.91 Å². The van der Waals surface area contributed by atoms with Crippen molar-refractivity contribution >= 4 is 5.91 Å². The van der Waals surface area contributed by atoms with Crippen molar-refractivity contribution < 1.29 is 14.6 Å². The van der Waals surface area contributed by atoms with Crippen LogP contribution < -0.4 is 5.32 Å². The topological polar surface area (TPSA) is 74.7 Å². The van der Waals surface area contributed by atoms with Crippen molar-refractivity contribution in [1.29, 1.82) is 0 Å². The minimum Gasteiger partial charge on any atom is -0.506 e. The van der Waals surface area contributed by atoms with Crippen molar-refractivity contribution in [2.75, 3.05) is 32.8 Å². The fourth-order valence-corrected chi connectivity index (χ4v) is 1.90. The second kappa shape index (κ2) is 7.06. The normalized spacial score (nSPS) is 15.5. The number of nitrogens with one attached hydrogen (secondary N) is 1. The van der Waals surface area contributed by atoms with Crippen LogP contribution in [0.5, 0.6) is 5.75 Å². The number of aromatic nitrogens is 1. The van der Waals surface area contributed by atoms with Gasteiger partial charge in [-0.2, -0.15) is 0 Å². The molecular formula is C13H19N3O3. The molecule has 1 saturated heterocycles. The van der Waals surface area contributed by atoms with Crippen molar-refractivity contribution in [3.8, 4) is 5.75 Å². The van der Waals surface area contributed by atoms with E-state index in [9.17, 15) is 4.79 Å². The molecule has 1 fully saturated rings. The Morgan fingerprint density at radius 1 is 1.42 bits per heavy atom. The highest BCUT2D eigenvalue weighted by molar-refractivity contribution is 5.76. The van der Waals surface area contributed by atoms with Crippen molar-refractivity contribution in [3.05, 3.63) is 24.0 Å². The number of ether oxygens (including phenoxy) is 1. The van der Waals surface area contributed by atoms with Crippen molar-refractivity contribution in [3.63, 3.8) is 0 Å². The van der Waals surface area contributed by atoms with E-state index in [0.29, 0.717) is 45.8 Å². The van der Waals surface area contributed by atoms with Gasteiger partial charge in [-0.1, -0.05) is 0 Å². The molecule has 1 aromatic rings. The predicted molar refractivity (Wildman–Crippen MR) is 69.6 cm³/mol. The Bertz CT molecular complexity index is 402. The average Bonchev–Trinajstić information content (AvgIpc) is 2.46. The van der Waals surface area contributed by atoms with Gasteiger partial charge in [0.15, 0.2) is 0 Å². The first-order chi connectivity index (χ1) is 9.25. The molecule has 2 N–H and O–H groups in total. The number of aromatic hydroxyl groups is 1. The molecule has 104 valence electrons. The van der Waals surface area contributed by atoms with E-state index in [1.807, 2.05) is 4.90 Å². The van der Waals surface area contributed by atoms with Crippen molar-refractivity contribution in [2.24, 2.45) is 0 Å². The first-order valence-electron chi connectivity index (χ1n) is 6.46. The van der Waals surface area contributed by atoms with Gasteiger partial charge in [0.1, 0.15) is 5.75 Å². The number of pyridine rings is 1. The molecule has 1 aromatic heterocycles. The molecular weight excluding hydrogens is 246 g/mol. The highest BCUT2D eigenvalue weighted by Crippen LogP contribution is 2.05. The zero-order valence-electron chi connectivity index (χ0n) is 10.8. The van der Waals surface area contributed by atoms with E-state index in [1.165, 1.54) is 6.20 Å². The van der Waals surface area contributed by atoms with Gasteiger partial charge in [-0.15, -0.1) is 0 Å². The van der Waals surface area contributed by atoms with E-state index in [2.05, 4.69) is 10.3 Å². The van der Waals surface area contributed by atoms with Crippen LogP contribution in [0.3, 0.4) is 0 Å². The summed E-state index contributed by atoms with van der Waals surface area (Å²) in [7, 11) is 0. The fourth-order valence-electron chi connectivity index (χ4n) is 1.90. The third kappa shape index (κ3) is 4.50. The molecule has 1 aliphatic rings. The van der Waals surface area contributed by atoms with Crippen molar-refractivity contribution in [2.45, 2.75) is 13.0 Å². The molecule has 0 bridgehead atoms. The van der Waals surface area contributed by atoms with Gasteiger partial charge in [0.25, 0.3) is 0 Å². The average molecular weight is 265 g/mol. The van der Waals surface area contributed by atoms with Gasteiger partial charge in [-0.3, -0.25) is 9.78 Å². The van der Waals surface area contributed by atoms with Crippen LogP contribution >= 0.6 is 0 Å². The molecule has 0 radical (unpaired) electrons. The van der Waals surface area contributed by atoms with Gasteiger partial charge in [0, 0.05) is 32.6 Å². The van der Waals surface area contributed by atoms with Gasteiger partial charge in [0.05, 0.1) is 25.1 Å². The van der Waals surface area contributed by atoms with Crippen LogP contribution in [0, 0.1) is 0 Å². The number of morpholine rings is 1. The second-order valence-corrected chi connectivity index (χ2v) is 4.43. The summed E-state index contributed by atoms with van der Waals surface area (Å²) in [4.78, 5) is 17.7. The quantitative estimate of drug-likeness (QED) is 0.740. The molecule has 6 nitrogen and oxygen atoms in total. The summed E-state index contributed by atoms with van der Waals surface area (Å²) >= 11 is 0. The summed E-state index contributed by atoms with van der Waals surface area (Å²) in [6.45, 7) is 3.87. The van der Waals surface area contributed by atoms with Gasteiger partial charge >= 0.3 is 0 Å². The lowest BCUT2D eigenvalue weighted by Gasteiger charge is -2.26. The molecule has 0 unspecified atom stereocenters. The van der Waals surface area contributed by atoms with Crippen LogP contribution in [0.4, 0.5) is 0 Å². The van der Waals surface area contributed by atoms with Gasteiger partial charge < -0.3 is 20.1 Å². The van der Waals surface area contributed by atoms with E-state index in [0.717, 1.165) is 5.69 Å². The predicted octanol–water partition coefficient (Wildman–Crippen LogP) is 0.126. The number of amides is 1. The van der Waals surface area contributed by atoms with E-state index >= 15 is 0 Å². The first kappa shape index (κ1) is 13.8. The minimum absolute atomic E-state index is 0.159. The van der Waals surface area contributed by atoms with E-state index in [4.69, 9.17) is 9.84 Å². The summed E-state index contributed by atoms with van der Waals surface area (Å²) in [5.74, 6) is 0.320. The second-order valence-electron chi connectivity index (χ2n) is 4.43. The molecule has 6 heteroatoms. The van der Waals surface area contributed by atoms with Crippen molar-refractivity contribution in [1.82, 2.24) is 15.2 Å². The monoisotopic (exact) mass is 265 g/mol. The Kier molecular flexibility index (Phi) is 5.11. The Hall–Kier alpha value is -1.66. The van der Waals surface area contributed by atoms with Gasteiger partial charge in [-0.05, 0) is 12.1 Å². The first-order valence-corrected chi connectivity index (χ1v) is 6.46. The molecule has 1 aliphatic heterocycles. The zero-order valence-corrected chi connectivity index (χ0v) is 10.8. The number of rotatable bonds is 5. The molecule has 1 amide bonds. The fraction of sp³-hybridized carbons (Fsp3) is 0.538. The number of carbonyl (C=O) groups excluding carboxylic acids is 1. The summed E-state index contributed by atoms with van der Waals surface area (Å²) in [6, 6.07) is 3.36. The zero-order chi connectivity index (χ0) is 13.5. The third-order valence-electron chi connectivity index (χ3n) is 2.99. The number of hydrogen-bond donors (Lipinski definition) is 2. The number of nitrogens with zero attached hydrogens (tertiary/aromatic N) is 2. The van der Waals surface area contributed by atoms with Crippen LogP contribution in [0.1, 0.15) is 12.1 Å². The van der Waals surface area contributed by atoms with Crippen LogP contribution in [-0.4, -0.2) is 53.7 Å². The summed E-state index contributed by atoms with van der Waals surface area (Å²) < 4.78 is 5.20. The largest absolute Gasteiger partial charge is 0.506 e. The van der Waals surface area contributed by atoms with Crippen LogP contribution in [0.2, 0.25) is 0 Å². The minimum atomic E-state index is 0.159. The lowest BCUT2D eigenvalue weighted by Crippen LogP contribution is -2.41. The van der Waals surface area contributed by atoms with E-state index in [-0.39, 0.29) is 11.7 Å². The molecule has 0 saturated carbocycles. The molecule has 19 heavy (non-hydrogen) atoms. The lowest BCUT2D eigenvalue weighted by molar-refractivity contribution is -0.135. The van der Waals surface area contributed by atoms with E-state index < -0.39 is 0 Å². The molecule has 0 atom stereocenters. The smallest absolute Gasteiger partial charge is 0.224 e. The molecule has 2 heterocycles. The Labute approximate surface area is 112 Å². The maximum Gasteiger partial charge on any atom is 0.224 e. The molecule has 2 rings (SSSR count). The number of hydrogen-bond acceptors (Lipinski definition) is 5. The summed E-state index contributed by atoms with van der Waals surface area (Å²) in [5.41, 5.74) is 0.844. The van der Waals surface area contributed by atoms with Crippen LogP contribution in [0.25, 0.3) is 0 Å². The van der Waals surface area contributed by atoms with E-state index in [1.54, 1.807) is 12.1 Å². The standard InChI is InChI=1S/C13H19N3O3/c17-12-2-1-11(15-10-12)9-14-4-3-13(18)16-5-7-19-8-6-16/h1-2,10,14,17H,3-9H2. The Morgan fingerprint density at radius 3 is 2.89 bits per heavy atom. The molecule has 0 aromatic carbocycles. The molecule has 0 aliphatic carbocycles. The van der Waals surface area contributed by atoms with Gasteiger partial charge in [-0.25, -0.2) is 0 Å². The highest BCUT2D eigenvalue weighted by atomic mass is 16.5. The Balaban J connectivity index is 1.63. The summed E-state index contributed by atoms with van der Waals surface area (Å²) in [6.07, 6.45) is 1.90. The number of carbonyl (C=O) groups is 1. The maximum atomic E-state index is 11.8. The highest BCUT2D eigenvalue weighted by Gasteiger charge is 2.15. The van der Waals surface area contributed by atoms with Crippen LogP contribution in [-0.2, 0) is 16.1 Å². The Morgan fingerprint density at radius 2 is 2.21 bits per heavy atom. The third-order valence-corrected chi connectivity index (χ3v) is 2.99. The molecule has 0 spiro atoms. The summed E-state index contributed by atoms with van der Waals surface area (Å²) in [5, 5.41) is 12.3.